The Kier molecular flexibility index (Phi) is 6.15. The van der Waals surface area contributed by atoms with Crippen LogP contribution < -0.4 is 14.8 Å². The van der Waals surface area contributed by atoms with Crippen LogP contribution in [0, 0.1) is 0 Å². The monoisotopic (exact) mass is 446 g/mol. The average Bonchev–Trinajstić information content (AvgIpc) is 3.22. The van der Waals surface area contributed by atoms with Crippen molar-refractivity contribution in [3.05, 3.63) is 72.3 Å². The lowest BCUT2D eigenvalue weighted by Crippen LogP contribution is -2.20. The zero-order valence-corrected chi connectivity index (χ0v) is 19.5. The van der Waals surface area contributed by atoms with Crippen LogP contribution in [0.1, 0.15) is 26.3 Å². The number of para-hydroxylation sites is 1. The SMILES string of the molecule is COc1ccc(-c2nc3ccccc3s2)cc1NC(=O)COc1ccc(C(C)(C)C)cc1. The molecule has 0 aliphatic heterocycles. The highest BCUT2D eigenvalue weighted by atomic mass is 32.1. The second-order valence-corrected chi connectivity index (χ2v) is 9.54. The Bertz CT molecular complexity index is 1210. The number of benzene rings is 3. The molecule has 5 nitrogen and oxygen atoms in total. The van der Waals surface area contributed by atoms with Gasteiger partial charge in [-0.05, 0) is 53.4 Å². The molecule has 4 aromatic rings. The van der Waals surface area contributed by atoms with Crippen molar-refractivity contribution in [2.45, 2.75) is 26.2 Å². The first-order chi connectivity index (χ1) is 15.3. The van der Waals surface area contributed by atoms with Crippen LogP contribution in [0.25, 0.3) is 20.8 Å². The first-order valence-corrected chi connectivity index (χ1v) is 11.2. The van der Waals surface area contributed by atoms with Crippen molar-refractivity contribution in [3.8, 4) is 22.1 Å². The summed E-state index contributed by atoms with van der Waals surface area (Å²) >= 11 is 1.61. The average molecular weight is 447 g/mol. The summed E-state index contributed by atoms with van der Waals surface area (Å²) in [5, 5.41) is 3.79. The molecule has 0 bridgehead atoms. The van der Waals surface area contributed by atoms with Gasteiger partial charge in [-0.3, -0.25) is 4.79 Å². The van der Waals surface area contributed by atoms with Crippen LogP contribution in [0.15, 0.2) is 66.7 Å². The Hall–Kier alpha value is -3.38. The van der Waals surface area contributed by atoms with Crippen LogP contribution in [-0.4, -0.2) is 24.6 Å². The second-order valence-electron chi connectivity index (χ2n) is 8.51. The van der Waals surface area contributed by atoms with Crippen molar-refractivity contribution in [1.29, 1.82) is 0 Å². The van der Waals surface area contributed by atoms with Gasteiger partial charge in [0.25, 0.3) is 5.91 Å². The topological polar surface area (TPSA) is 60.5 Å². The molecular formula is C26H26N2O3S. The van der Waals surface area contributed by atoms with Gasteiger partial charge in [0.1, 0.15) is 16.5 Å². The van der Waals surface area contributed by atoms with E-state index >= 15 is 0 Å². The van der Waals surface area contributed by atoms with Gasteiger partial charge < -0.3 is 14.8 Å². The molecule has 0 unspecified atom stereocenters. The lowest BCUT2D eigenvalue weighted by Gasteiger charge is -2.19. The highest BCUT2D eigenvalue weighted by Gasteiger charge is 2.15. The summed E-state index contributed by atoms with van der Waals surface area (Å²) in [6.45, 7) is 6.38. The summed E-state index contributed by atoms with van der Waals surface area (Å²) in [4.78, 5) is 17.3. The largest absolute Gasteiger partial charge is 0.495 e. The third-order valence-corrected chi connectivity index (χ3v) is 6.19. The minimum absolute atomic E-state index is 0.0702. The number of fused-ring (bicyclic) bond motifs is 1. The molecule has 0 atom stereocenters. The molecule has 1 aromatic heterocycles. The summed E-state index contributed by atoms with van der Waals surface area (Å²) in [5.41, 5.74) is 3.74. The summed E-state index contributed by atoms with van der Waals surface area (Å²) in [5.74, 6) is 0.978. The first-order valence-electron chi connectivity index (χ1n) is 10.4. The van der Waals surface area contributed by atoms with E-state index < -0.39 is 0 Å². The normalized spacial score (nSPS) is 11.4. The van der Waals surface area contributed by atoms with Crippen LogP contribution in [0.3, 0.4) is 0 Å². The molecule has 164 valence electrons. The van der Waals surface area contributed by atoms with Crippen molar-refractivity contribution in [2.75, 3.05) is 19.0 Å². The molecule has 0 saturated heterocycles. The van der Waals surface area contributed by atoms with Crippen molar-refractivity contribution in [3.63, 3.8) is 0 Å². The Balaban J connectivity index is 1.46. The van der Waals surface area contributed by atoms with Gasteiger partial charge in [0.2, 0.25) is 0 Å². The van der Waals surface area contributed by atoms with Crippen molar-refractivity contribution >= 4 is 33.1 Å². The van der Waals surface area contributed by atoms with Gasteiger partial charge in [-0.1, -0.05) is 45.0 Å². The number of thiazole rings is 1. The van der Waals surface area contributed by atoms with E-state index in [0.29, 0.717) is 17.2 Å². The van der Waals surface area contributed by atoms with Gasteiger partial charge in [0.15, 0.2) is 6.61 Å². The fourth-order valence-corrected chi connectivity index (χ4v) is 4.28. The molecule has 0 radical (unpaired) electrons. The third-order valence-electron chi connectivity index (χ3n) is 5.10. The van der Waals surface area contributed by atoms with Crippen molar-refractivity contribution in [1.82, 2.24) is 4.98 Å². The number of nitrogens with one attached hydrogen (secondary N) is 1. The van der Waals surface area contributed by atoms with Crippen LogP contribution in [0.5, 0.6) is 11.5 Å². The molecule has 1 amide bonds. The predicted octanol–water partition coefficient (Wildman–Crippen LogP) is 6.29. The summed E-state index contributed by atoms with van der Waals surface area (Å²) in [6, 6.07) is 21.5. The van der Waals surface area contributed by atoms with Crippen LogP contribution in [0.4, 0.5) is 5.69 Å². The number of aromatic nitrogens is 1. The van der Waals surface area contributed by atoms with Gasteiger partial charge in [-0.15, -0.1) is 11.3 Å². The van der Waals surface area contributed by atoms with E-state index in [1.54, 1.807) is 18.4 Å². The maximum absolute atomic E-state index is 12.6. The lowest BCUT2D eigenvalue weighted by atomic mass is 9.87. The number of anilines is 1. The number of rotatable bonds is 6. The van der Waals surface area contributed by atoms with E-state index in [9.17, 15) is 4.79 Å². The Morgan fingerprint density at radius 3 is 2.47 bits per heavy atom. The fourth-order valence-electron chi connectivity index (χ4n) is 3.32. The highest BCUT2D eigenvalue weighted by molar-refractivity contribution is 7.21. The molecular weight excluding hydrogens is 420 g/mol. The van der Waals surface area contributed by atoms with E-state index in [0.717, 1.165) is 20.8 Å². The summed E-state index contributed by atoms with van der Waals surface area (Å²) in [6.07, 6.45) is 0. The number of ether oxygens (including phenoxy) is 2. The minimum atomic E-state index is -0.260. The van der Waals surface area contributed by atoms with Crippen molar-refractivity contribution < 1.29 is 14.3 Å². The number of nitrogens with zero attached hydrogens (tertiary/aromatic N) is 1. The Morgan fingerprint density at radius 2 is 1.78 bits per heavy atom. The summed E-state index contributed by atoms with van der Waals surface area (Å²) in [7, 11) is 1.58. The van der Waals surface area contributed by atoms with E-state index in [-0.39, 0.29) is 17.9 Å². The van der Waals surface area contributed by atoms with Crippen LogP contribution in [0.2, 0.25) is 0 Å². The third kappa shape index (κ3) is 4.92. The van der Waals surface area contributed by atoms with E-state index in [1.807, 2.05) is 66.7 Å². The molecule has 0 fully saturated rings. The molecule has 3 aromatic carbocycles. The minimum Gasteiger partial charge on any atom is -0.495 e. The van der Waals surface area contributed by atoms with Gasteiger partial charge in [0, 0.05) is 5.56 Å². The molecule has 0 saturated carbocycles. The number of methoxy groups -OCH3 is 1. The Labute approximate surface area is 192 Å². The Morgan fingerprint density at radius 1 is 1.03 bits per heavy atom. The van der Waals surface area contributed by atoms with E-state index in [1.165, 1.54) is 5.56 Å². The number of hydrogen-bond donors (Lipinski definition) is 1. The number of amides is 1. The maximum atomic E-state index is 12.6. The highest BCUT2D eigenvalue weighted by Crippen LogP contribution is 2.35. The quantitative estimate of drug-likeness (QED) is 0.378. The number of hydrogen-bond acceptors (Lipinski definition) is 5. The summed E-state index contributed by atoms with van der Waals surface area (Å²) < 4.78 is 12.2. The van der Waals surface area contributed by atoms with Crippen LogP contribution in [-0.2, 0) is 10.2 Å². The zero-order chi connectivity index (χ0) is 22.7. The molecule has 0 spiro atoms. The number of carbonyl (C=O) groups excluding carboxylic acids is 1. The zero-order valence-electron chi connectivity index (χ0n) is 18.6. The van der Waals surface area contributed by atoms with Gasteiger partial charge in [-0.2, -0.15) is 0 Å². The van der Waals surface area contributed by atoms with Gasteiger partial charge in [-0.25, -0.2) is 4.98 Å². The molecule has 0 aliphatic carbocycles. The lowest BCUT2D eigenvalue weighted by molar-refractivity contribution is -0.118. The van der Waals surface area contributed by atoms with Gasteiger partial charge >= 0.3 is 0 Å². The van der Waals surface area contributed by atoms with Gasteiger partial charge in [0.05, 0.1) is 23.0 Å². The fraction of sp³-hybridized carbons (Fsp3) is 0.231. The van der Waals surface area contributed by atoms with E-state index in [4.69, 9.17) is 14.5 Å². The molecule has 1 heterocycles. The van der Waals surface area contributed by atoms with Crippen molar-refractivity contribution in [2.24, 2.45) is 0 Å². The number of carbonyl (C=O) groups is 1. The maximum Gasteiger partial charge on any atom is 0.262 e. The van der Waals surface area contributed by atoms with Crippen LogP contribution >= 0.6 is 11.3 Å². The molecule has 32 heavy (non-hydrogen) atoms. The smallest absolute Gasteiger partial charge is 0.262 e. The molecule has 1 N–H and O–H groups in total. The second kappa shape index (κ2) is 9.01. The predicted molar refractivity (Wildman–Crippen MR) is 131 cm³/mol. The van der Waals surface area contributed by atoms with E-state index in [2.05, 4.69) is 26.1 Å². The first kappa shape index (κ1) is 21.8. The molecule has 6 heteroatoms. The molecule has 0 aliphatic rings. The standard InChI is InChI=1S/C26H26N2O3S/c1-26(2,3)18-10-12-19(13-11-18)31-16-24(29)27-21-15-17(9-14-22(21)30-4)25-28-20-7-5-6-8-23(20)32-25/h5-15H,16H2,1-4H3,(H,27,29). The molecule has 4 rings (SSSR count).